The lowest BCUT2D eigenvalue weighted by atomic mass is 10.2. The number of nitrogens with one attached hydrogen (secondary N) is 1. The largest absolute Gasteiger partial charge is 0.491 e. The van der Waals surface area contributed by atoms with E-state index in [2.05, 4.69) is 5.32 Å². The molecule has 0 radical (unpaired) electrons. The topological polar surface area (TPSA) is 67.9 Å². The Kier molecular flexibility index (Phi) is 7.41. The lowest BCUT2D eigenvalue weighted by molar-refractivity contribution is -0.129. The highest BCUT2D eigenvalue weighted by Gasteiger charge is 2.10. The Hall–Kier alpha value is -2.21. The smallest absolute Gasteiger partial charge is 0.244 e. The molecule has 0 aliphatic carbocycles. The Balaban J connectivity index is 2.79. The third kappa shape index (κ3) is 5.83. The van der Waals surface area contributed by atoms with Gasteiger partial charge in [-0.15, -0.1) is 0 Å². The van der Waals surface area contributed by atoms with Crippen LogP contribution in [0.1, 0.15) is 12.5 Å². The van der Waals surface area contributed by atoms with E-state index in [1.54, 1.807) is 32.3 Å². The number of methoxy groups -OCH3 is 1. The highest BCUT2D eigenvalue weighted by atomic mass is 35.5. The molecular formula is C16H21ClN2O4. The minimum Gasteiger partial charge on any atom is -0.491 e. The molecule has 2 amide bonds. The predicted molar refractivity (Wildman–Crippen MR) is 89.9 cm³/mol. The molecule has 23 heavy (non-hydrogen) atoms. The summed E-state index contributed by atoms with van der Waals surface area (Å²) in [4.78, 5) is 24.5. The molecule has 0 atom stereocenters. The summed E-state index contributed by atoms with van der Waals surface area (Å²) in [6, 6.07) is 3.39. The number of likely N-dealkylation sites (N-methyl/N-ethyl adjacent to an activating group) is 1. The lowest BCUT2D eigenvalue weighted by Gasteiger charge is -2.12. The predicted octanol–water partition coefficient (Wildman–Crippen LogP) is 1.96. The molecule has 0 heterocycles. The van der Waals surface area contributed by atoms with E-state index >= 15 is 0 Å². The van der Waals surface area contributed by atoms with Gasteiger partial charge in [-0.25, -0.2) is 0 Å². The molecule has 1 aromatic carbocycles. The number of rotatable bonds is 7. The quantitative estimate of drug-likeness (QED) is 0.770. The van der Waals surface area contributed by atoms with Crippen LogP contribution in [-0.2, 0) is 9.59 Å². The van der Waals surface area contributed by atoms with Crippen molar-refractivity contribution >= 4 is 29.5 Å². The summed E-state index contributed by atoms with van der Waals surface area (Å²) in [5.74, 6) is 0.403. The number of benzene rings is 1. The molecule has 7 heteroatoms. The third-order valence-electron chi connectivity index (χ3n) is 2.88. The maximum Gasteiger partial charge on any atom is 0.244 e. The van der Waals surface area contributed by atoms with Crippen LogP contribution in [0.15, 0.2) is 18.2 Å². The van der Waals surface area contributed by atoms with E-state index in [9.17, 15) is 9.59 Å². The van der Waals surface area contributed by atoms with Gasteiger partial charge in [0.1, 0.15) is 0 Å². The number of nitrogens with zero attached hydrogens (tertiary/aromatic N) is 1. The molecule has 0 unspecified atom stereocenters. The maximum atomic E-state index is 11.7. The van der Waals surface area contributed by atoms with Crippen LogP contribution >= 0.6 is 11.6 Å². The normalized spacial score (nSPS) is 10.5. The first-order chi connectivity index (χ1) is 10.9. The zero-order valence-corrected chi connectivity index (χ0v) is 14.4. The number of carbonyl (C=O) groups is 2. The number of hydrogen-bond acceptors (Lipinski definition) is 4. The SMILES string of the molecule is CCOc1cc(/C=C/C(=O)NCC(=O)N(C)C)cc(Cl)c1OC. The summed E-state index contributed by atoms with van der Waals surface area (Å²) in [7, 11) is 4.76. The second kappa shape index (κ2) is 9.05. The number of ether oxygens (including phenoxy) is 2. The van der Waals surface area contributed by atoms with Crippen LogP contribution < -0.4 is 14.8 Å². The number of hydrogen-bond donors (Lipinski definition) is 1. The Labute approximate surface area is 141 Å². The van der Waals surface area contributed by atoms with E-state index < -0.39 is 0 Å². The van der Waals surface area contributed by atoms with Crippen molar-refractivity contribution in [1.29, 1.82) is 0 Å². The molecule has 0 bridgehead atoms. The second-order valence-corrected chi connectivity index (χ2v) is 5.21. The number of halogens is 1. The summed E-state index contributed by atoms with van der Waals surface area (Å²) in [5, 5.41) is 2.90. The first-order valence-electron chi connectivity index (χ1n) is 7.05. The molecule has 0 saturated carbocycles. The summed E-state index contributed by atoms with van der Waals surface area (Å²) in [5.41, 5.74) is 0.688. The Morgan fingerprint density at radius 3 is 2.61 bits per heavy atom. The third-order valence-corrected chi connectivity index (χ3v) is 3.16. The van der Waals surface area contributed by atoms with Crippen LogP contribution in [0.25, 0.3) is 6.08 Å². The van der Waals surface area contributed by atoms with Gasteiger partial charge in [0.15, 0.2) is 11.5 Å². The van der Waals surface area contributed by atoms with Crippen LogP contribution in [0.3, 0.4) is 0 Å². The van der Waals surface area contributed by atoms with Crippen molar-refractivity contribution < 1.29 is 19.1 Å². The van der Waals surface area contributed by atoms with Crippen molar-refractivity contribution in [3.8, 4) is 11.5 Å². The van der Waals surface area contributed by atoms with E-state index in [0.29, 0.717) is 28.7 Å². The zero-order chi connectivity index (χ0) is 17.4. The second-order valence-electron chi connectivity index (χ2n) is 4.81. The van der Waals surface area contributed by atoms with Crippen molar-refractivity contribution in [2.45, 2.75) is 6.92 Å². The van der Waals surface area contributed by atoms with Gasteiger partial charge in [-0.1, -0.05) is 11.6 Å². The van der Waals surface area contributed by atoms with Crippen molar-refractivity contribution in [1.82, 2.24) is 10.2 Å². The molecule has 126 valence electrons. The first kappa shape index (κ1) is 18.8. The molecule has 0 fully saturated rings. The summed E-state index contributed by atoms with van der Waals surface area (Å²) < 4.78 is 10.7. The van der Waals surface area contributed by atoms with Gasteiger partial charge < -0.3 is 19.7 Å². The van der Waals surface area contributed by atoms with Crippen molar-refractivity contribution in [3.05, 3.63) is 28.8 Å². The molecule has 1 rings (SSSR count). The maximum absolute atomic E-state index is 11.7. The molecule has 0 saturated heterocycles. The average molecular weight is 341 g/mol. The standard InChI is InChI=1S/C16H21ClN2O4/c1-5-23-13-9-11(8-12(17)16(13)22-4)6-7-14(20)18-10-15(21)19(2)3/h6-9H,5,10H2,1-4H3,(H,18,20)/b7-6+. The fourth-order valence-corrected chi connectivity index (χ4v) is 1.99. The van der Waals surface area contributed by atoms with Crippen LogP contribution in [0, 0.1) is 0 Å². The minimum atomic E-state index is -0.370. The van der Waals surface area contributed by atoms with E-state index in [-0.39, 0.29) is 18.4 Å². The highest BCUT2D eigenvalue weighted by molar-refractivity contribution is 6.32. The van der Waals surface area contributed by atoms with Crippen LogP contribution in [0.4, 0.5) is 0 Å². The molecule has 0 aliphatic rings. The van der Waals surface area contributed by atoms with E-state index in [1.807, 2.05) is 6.92 Å². The van der Waals surface area contributed by atoms with Gasteiger partial charge in [-0.3, -0.25) is 9.59 Å². The van der Waals surface area contributed by atoms with Gasteiger partial charge in [-0.2, -0.15) is 0 Å². The van der Waals surface area contributed by atoms with Gasteiger partial charge in [0.25, 0.3) is 0 Å². The van der Waals surface area contributed by atoms with E-state index in [4.69, 9.17) is 21.1 Å². The number of carbonyl (C=O) groups excluding carboxylic acids is 2. The fourth-order valence-electron chi connectivity index (χ4n) is 1.70. The monoisotopic (exact) mass is 340 g/mol. The van der Waals surface area contributed by atoms with Crippen LogP contribution in [0.2, 0.25) is 5.02 Å². The molecule has 6 nitrogen and oxygen atoms in total. The van der Waals surface area contributed by atoms with E-state index in [1.165, 1.54) is 18.1 Å². The van der Waals surface area contributed by atoms with Gasteiger partial charge in [0.2, 0.25) is 11.8 Å². The van der Waals surface area contributed by atoms with Gasteiger partial charge >= 0.3 is 0 Å². The molecule has 0 aliphatic heterocycles. The summed E-state index contributed by atoms with van der Waals surface area (Å²) in [6.45, 7) is 2.27. The first-order valence-corrected chi connectivity index (χ1v) is 7.43. The highest BCUT2D eigenvalue weighted by Crippen LogP contribution is 2.36. The zero-order valence-electron chi connectivity index (χ0n) is 13.7. The lowest BCUT2D eigenvalue weighted by Crippen LogP contribution is -2.35. The summed E-state index contributed by atoms with van der Waals surface area (Å²) >= 11 is 6.13. The molecule has 1 N–H and O–H groups in total. The van der Waals surface area contributed by atoms with Gasteiger partial charge in [0, 0.05) is 20.2 Å². The Bertz CT molecular complexity index is 600. The Morgan fingerprint density at radius 1 is 1.35 bits per heavy atom. The summed E-state index contributed by atoms with van der Waals surface area (Å²) in [6.07, 6.45) is 2.92. The molecule has 0 spiro atoms. The van der Waals surface area contributed by atoms with Crippen molar-refractivity contribution in [2.75, 3.05) is 34.4 Å². The molecule has 0 aromatic heterocycles. The average Bonchev–Trinajstić information content (AvgIpc) is 2.50. The Morgan fingerprint density at radius 2 is 2.04 bits per heavy atom. The number of amides is 2. The van der Waals surface area contributed by atoms with Crippen LogP contribution in [0.5, 0.6) is 11.5 Å². The fraction of sp³-hybridized carbons (Fsp3) is 0.375. The van der Waals surface area contributed by atoms with Gasteiger partial charge in [-0.05, 0) is 30.7 Å². The van der Waals surface area contributed by atoms with Gasteiger partial charge in [0.05, 0.1) is 25.3 Å². The van der Waals surface area contributed by atoms with Crippen molar-refractivity contribution in [3.63, 3.8) is 0 Å². The van der Waals surface area contributed by atoms with Crippen molar-refractivity contribution in [2.24, 2.45) is 0 Å². The van der Waals surface area contributed by atoms with E-state index in [0.717, 1.165) is 0 Å². The molecular weight excluding hydrogens is 320 g/mol. The minimum absolute atomic E-state index is 0.0518. The molecule has 1 aromatic rings. The van der Waals surface area contributed by atoms with Crippen LogP contribution in [-0.4, -0.2) is 51.1 Å².